The van der Waals surface area contributed by atoms with E-state index in [-0.39, 0.29) is 31.2 Å². The third-order valence-electron chi connectivity index (χ3n) is 3.82. The molecule has 0 saturated carbocycles. The number of rotatable bonds is 6. The summed E-state index contributed by atoms with van der Waals surface area (Å²) in [6.07, 6.45) is -0.0761. The third kappa shape index (κ3) is 4.81. The van der Waals surface area contributed by atoms with Crippen molar-refractivity contribution < 1.29 is 28.2 Å². The molecule has 0 aromatic heterocycles. The average Bonchev–Trinajstić information content (AvgIpc) is 2.65. The molecule has 27 heavy (non-hydrogen) atoms. The van der Waals surface area contributed by atoms with Gasteiger partial charge in [0.1, 0.15) is 11.6 Å². The second kappa shape index (κ2) is 8.31. The molecule has 0 spiro atoms. The zero-order valence-corrected chi connectivity index (χ0v) is 14.3. The van der Waals surface area contributed by atoms with Crippen LogP contribution in [0.1, 0.15) is 6.42 Å². The highest BCUT2D eigenvalue weighted by Gasteiger charge is 2.25. The zero-order valence-electron chi connectivity index (χ0n) is 14.3. The van der Waals surface area contributed by atoms with Crippen molar-refractivity contribution in [3.8, 4) is 5.75 Å². The summed E-state index contributed by atoms with van der Waals surface area (Å²) in [5.74, 6) is -1.38. The van der Waals surface area contributed by atoms with E-state index in [0.717, 1.165) is 6.07 Å². The third-order valence-corrected chi connectivity index (χ3v) is 3.82. The summed E-state index contributed by atoms with van der Waals surface area (Å²) < 4.78 is 23.3. The van der Waals surface area contributed by atoms with E-state index in [9.17, 15) is 18.8 Å². The Balaban J connectivity index is 1.47. The number of ether oxygens (including phenoxy) is 2. The average molecular weight is 372 g/mol. The number of para-hydroxylation sites is 2. The van der Waals surface area contributed by atoms with Crippen LogP contribution < -0.4 is 15.0 Å². The van der Waals surface area contributed by atoms with Gasteiger partial charge in [-0.2, -0.15) is 0 Å². The van der Waals surface area contributed by atoms with Gasteiger partial charge in [-0.1, -0.05) is 18.2 Å². The van der Waals surface area contributed by atoms with Crippen LogP contribution in [0.3, 0.4) is 0 Å². The molecule has 7 nitrogen and oxygen atoms in total. The van der Waals surface area contributed by atoms with Crippen molar-refractivity contribution in [3.05, 3.63) is 54.3 Å². The smallest absolute Gasteiger partial charge is 0.308 e. The van der Waals surface area contributed by atoms with E-state index in [2.05, 4.69) is 5.32 Å². The van der Waals surface area contributed by atoms with Gasteiger partial charge in [-0.3, -0.25) is 14.4 Å². The minimum atomic E-state index is -0.624. The zero-order chi connectivity index (χ0) is 19.2. The largest absolute Gasteiger partial charge is 0.482 e. The number of amides is 2. The maximum atomic E-state index is 13.1. The second-order valence-electron chi connectivity index (χ2n) is 5.77. The van der Waals surface area contributed by atoms with Crippen LogP contribution in [0.5, 0.6) is 5.75 Å². The van der Waals surface area contributed by atoms with Gasteiger partial charge in [-0.25, -0.2) is 4.39 Å². The molecule has 2 aromatic carbocycles. The van der Waals surface area contributed by atoms with Crippen LogP contribution in [0.2, 0.25) is 0 Å². The quantitative estimate of drug-likeness (QED) is 0.785. The van der Waals surface area contributed by atoms with Gasteiger partial charge in [0.15, 0.2) is 13.2 Å². The Bertz CT molecular complexity index is 871. The lowest BCUT2D eigenvalue weighted by Crippen LogP contribution is -2.40. The van der Waals surface area contributed by atoms with Crippen molar-refractivity contribution in [2.75, 3.05) is 30.0 Å². The molecule has 1 aliphatic heterocycles. The first kappa shape index (κ1) is 18.4. The topological polar surface area (TPSA) is 84.9 Å². The maximum Gasteiger partial charge on any atom is 0.308 e. The maximum absolute atomic E-state index is 13.1. The Morgan fingerprint density at radius 2 is 2.00 bits per heavy atom. The Kier molecular flexibility index (Phi) is 5.65. The summed E-state index contributed by atoms with van der Waals surface area (Å²) in [4.78, 5) is 37.1. The molecular formula is C19H17FN2O5. The number of fused-ring (bicyclic) bond motifs is 1. The van der Waals surface area contributed by atoms with Gasteiger partial charge >= 0.3 is 5.97 Å². The predicted octanol–water partition coefficient (Wildman–Crippen LogP) is 2.12. The molecule has 0 radical (unpaired) electrons. The first-order valence-electron chi connectivity index (χ1n) is 8.26. The molecule has 2 aromatic rings. The van der Waals surface area contributed by atoms with Crippen LogP contribution in [0.25, 0.3) is 0 Å². The van der Waals surface area contributed by atoms with E-state index in [1.807, 2.05) is 0 Å². The molecule has 1 heterocycles. The van der Waals surface area contributed by atoms with Crippen molar-refractivity contribution in [2.24, 2.45) is 0 Å². The Morgan fingerprint density at radius 3 is 2.81 bits per heavy atom. The number of nitrogens with zero attached hydrogens (tertiary/aromatic N) is 1. The van der Waals surface area contributed by atoms with Gasteiger partial charge in [0.25, 0.3) is 11.8 Å². The second-order valence-corrected chi connectivity index (χ2v) is 5.77. The summed E-state index contributed by atoms with van der Waals surface area (Å²) in [5.41, 5.74) is 0.858. The Morgan fingerprint density at radius 1 is 1.19 bits per heavy atom. The van der Waals surface area contributed by atoms with Gasteiger partial charge in [-0.15, -0.1) is 0 Å². The van der Waals surface area contributed by atoms with Crippen molar-refractivity contribution in [1.82, 2.24) is 0 Å². The summed E-state index contributed by atoms with van der Waals surface area (Å²) in [5, 5.41) is 2.43. The minimum absolute atomic E-state index is 0.0761. The highest BCUT2D eigenvalue weighted by molar-refractivity contribution is 5.98. The van der Waals surface area contributed by atoms with Gasteiger partial charge in [0.05, 0.1) is 12.1 Å². The van der Waals surface area contributed by atoms with E-state index in [4.69, 9.17) is 9.47 Å². The first-order valence-corrected chi connectivity index (χ1v) is 8.26. The molecule has 0 bridgehead atoms. The number of benzene rings is 2. The van der Waals surface area contributed by atoms with Gasteiger partial charge < -0.3 is 19.7 Å². The van der Waals surface area contributed by atoms with Crippen molar-refractivity contribution in [1.29, 1.82) is 0 Å². The summed E-state index contributed by atoms with van der Waals surface area (Å²) in [7, 11) is 0. The number of carbonyl (C=O) groups is 3. The minimum Gasteiger partial charge on any atom is -0.482 e. The number of esters is 1. The molecular weight excluding hydrogens is 355 g/mol. The van der Waals surface area contributed by atoms with Crippen LogP contribution in [-0.2, 0) is 19.1 Å². The van der Waals surface area contributed by atoms with Crippen molar-refractivity contribution >= 4 is 29.2 Å². The fourth-order valence-electron chi connectivity index (χ4n) is 2.58. The Labute approximate surface area is 154 Å². The van der Waals surface area contributed by atoms with Crippen LogP contribution in [0.4, 0.5) is 15.8 Å². The summed E-state index contributed by atoms with van der Waals surface area (Å²) >= 11 is 0. The van der Waals surface area contributed by atoms with E-state index < -0.39 is 24.3 Å². The number of halogens is 1. The highest BCUT2D eigenvalue weighted by atomic mass is 19.1. The molecule has 0 fully saturated rings. The lowest BCUT2D eigenvalue weighted by molar-refractivity contribution is -0.147. The molecule has 0 unspecified atom stereocenters. The number of hydrogen-bond donors (Lipinski definition) is 1. The number of hydrogen-bond acceptors (Lipinski definition) is 5. The van der Waals surface area contributed by atoms with Crippen LogP contribution in [-0.4, -0.2) is 37.5 Å². The molecule has 140 valence electrons. The lowest BCUT2D eigenvalue weighted by Gasteiger charge is -2.28. The SMILES string of the molecule is O=C(COC(=O)CCN1C(=O)COc2ccccc21)Nc1cccc(F)c1. The van der Waals surface area contributed by atoms with E-state index in [0.29, 0.717) is 11.4 Å². The van der Waals surface area contributed by atoms with Crippen molar-refractivity contribution in [2.45, 2.75) is 6.42 Å². The fraction of sp³-hybridized carbons (Fsp3) is 0.211. The van der Waals surface area contributed by atoms with Gasteiger partial charge in [0.2, 0.25) is 0 Å². The number of carbonyl (C=O) groups excluding carboxylic acids is 3. The summed E-state index contributed by atoms with van der Waals surface area (Å²) in [6.45, 7) is -0.478. The molecule has 8 heteroatoms. The Hall–Kier alpha value is -3.42. The van der Waals surface area contributed by atoms with Crippen LogP contribution in [0, 0.1) is 5.82 Å². The van der Waals surface area contributed by atoms with Crippen LogP contribution >= 0.6 is 0 Å². The van der Waals surface area contributed by atoms with Gasteiger partial charge in [0, 0.05) is 12.2 Å². The molecule has 0 aliphatic carbocycles. The highest BCUT2D eigenvalue weighted by Crippen LogP contribution is 2.31. The molecule has 1 aliphatic rings. The molecule has 2 amide bonds. The fourth-order valence-corrected chi connectivity index (χ4v) is 2.58. The lowest BCUT2D eigenvalue weighted by atomic mass is 10.2. The monoisotopic (exact) mass is 372 g/mol. The number of anilines is 2. The van der Waals surface area contributed by atoms with E-state index in [1.165, 1.54) is 23.1 Å². The first-order chi connectivity index (χ1) is 13.0. The molecule has 3 rings (SSSR count). The molecule has 0 saturated heterocycles. The van der Waals surface area contributed by atoms with E-state index in [1.54, 1.807) is 24.3 Å². The standard InChI is InChI=1S/C19H17FN2O5/c20-13-4-3-5-14(10-13)21-17(23)11-27-19(25)8-9-22-15-6-1-2-7-16(15)26-12-18(22)24/h1-7,10H,8-9,11-12H2,(H,21,23). The predicted molar refractivity (Wildman–Crippen MR) is 94.9 cm³/mol. The van der Waals surface area contributed by atoms with Crippen LogP contribution in [0.15, 0.2) is 48.5 Å². The van der Waals surface area contributed by atoms with Crippen molar-refractivity contribution in [3.63, 3.8) is 0 Å². The normalized spacial score (nSPS) is 12.8. The molecule has 1 N–H and O–H groups in total. The van der Waals surface area contributed by atoms with E-state index >= 15 is 0 Å². The summed E-state index contributed by atoms with van der Waals surface area (Å²) in [6, 6.07) is 12.4. The molecule has 0 atom stereocenters. The number of nitrogens with one attached hydrogen (secondary N) is 1. The van der Waals surface area contributed by atoms with Gasteiger partial charge in [-0.05, 0) is 30.3 Å².